The lowest BCUT2D eigenvalue weighted by atomic mass is 10.1. The van der Waals surface area contributed by atoms with Crippen molar-refractivity contribution in [3.8, 4) is 0 Å². The second-order valence-electron chi connectivity index (χ2n) is 5.28. The topological polar surface area (TPSA) is 66.4 Å². The van der Waals surface area contributed by atoms with E-state index in [0.29, 0.717) is 19.3 Å². The normalized spacial score (nSPS) is 22.9. The van der Waals surface area contributed by atoms with Crippen LogP contribution in [0.3, 0.4) is 0 Å². The number of hydrogen-bond acceptors (Lipinski definition) is 2. The van der Waals surface area contributed by atoms with Gasteiger partial charge in [-0.1, -0.05) is 32.6 Å². The lowest BCUT2D eigenvalue weighted by molar-refractivity contribution is -0.141. The largest absolute Gasteiger partial charge is 0.481 e. The Morgan fingerprint density at radius 1 is 1.17 bits per heavy atom. The maximum Gasteiger partial charge on any atom is 0.306 e. The molecule has 0 aromatic carbocycles. The van der Waals surface area contributed by atoms with Gasteiger partial charge in [0.05, 0.1) is 5.92 Å². The molecule has 0 spiro atoms. The van der Waals surface area contributed by atoms with Crippen molar-refractivity contribution in [2.45, 2.75) is 70.8 Å². The Kier molecular flexibility index (Phi) is 6.76. The van der Waals surface area contributed by atoms with Crippen molar-refractivity contribution in [2.24, 2.45) is 5.92 Å². The molecule has 2 N–H and O–H groups in total. The minimum absolute atomic E-state index is 0.0780. The molecule has 1 aliphatic rings. The lowest BCUT2D eigenvalue weighted by Gasteiger charge is -2.12. The van der Waals surface area contributed by atoms with Crippen LogP contribution in [0.15, 0.2) is 0 Å². The average Bonchev–Trinajstić information content (AvgIpc) is 2.77. The van der Waals surface area contributed by atoms with Gasteiger partial charge in [-0.2, -0.15) is 0 Å². The molecule has 1 aliphatic carbocycles. The molecule has 0 aromatic heterocycles. The minimum Gasteiger partial charge on any atom is -0.481 e. The van der Waals surface area contributed by atoms with Gasteiger partial charge in [0, 0.05) is 12.5 Å². The number of carbonyl (C=O) groups excluding carboxylic acids is 1. The molecule has 0 unspecified atom stereocenters. The highest BCUT2D eigenvalue weighted by Crippen LogP contribution is 2.25. The summed E-state index contributed by atoms with van der Waals surface area (Å²) in [7, 11) is 0. The highest BCUT2D eigenvalue weighted by Gasteiger charge is 2.30. The predicted molar refractivity (Wildman–Crippen MR) is 70.3 cm³/mol. The van der Waals surface area contributed by atoms with Gasteiger partial charge in [0.25, 0.3) is 0 Å². The smallest absolute Gasteiger partial charge is 0.306 e. The lowest BCUT2D eigenvalue weighted by Crippen LogP contribution is -2.33. The van der Waals surface area contributed by atoms with Gasteiger partial charge in [-0.15, -0.1) is 0 Å². The summed E-state index contributed by atoms with van der Waals surface area (Å²) in [5.41, 5.74) is 0. The van der Waals surface area contributed by atoms with Crippen LogP contribution in [0, 0.1) is 5.92 Å². The Balaban J connectivity index is 2.08. The summed E-state index contributed by atoms with van der Waals surface area (Å²) in [4.78, 5) is 22.4. The second kappa shape index (κ2) is 8.11. The summed E-state index contributed by atoms with van der Waals surface area (Å²) in [6.07, 6.45) is 8.39. The number of carbonyl (C=O) groups is 2. The molecule has 0 aromatic rings. The zero-order chi connectivity index (χ0) is 13.4. The van der Waals surface area contributed by atoms with Gasteiger partial charge in [-0.25, -0.2) is 0 Å². The Hall–Kier alpha value is -1.06. The molecule has 1 saturated carbocycles. The Labute approximate surface area is 109 Å². The third-order valence-electron chi connectivity index (χ3n) is 3.65. The molecule has 0 bridgehead atoms. The number of aliphatic carboxylic acids is 1. The fraction of sp³-hybridized carbons (Fsp3) is 0.857. The van der Waals surface area contributed by atoms with E-state index in [1.165, 1.54) is 19.3 Å². The molecule has 1 fully saturated rings. The minimum atomic E-state index is -0.730. The number of nitrogens with one attached hydrogen (secondary N) is 1. The summed E-state index contributed by atoms with van der Waals surface area (Å²) in [6.45, 7) is 2.17. The molecule has 2 atom stereocenters. The number of unbranched alkanes of at least 4 members (excludes halogenated alkanes) is 4. The molecule has 4 nitrogen and oxygen atoms in total. The van der Waals surface area contributed by atoms with Crippen molar-refractivity contribution in [1.82, 2.24) is 5.32 Å². The van der Waals surface area contributed by atoms with E-state index in [-0.39, 0.29) is 17.9 Å². The van der Waals surface area contributed by atoms with Crippen LogP contribution in [-0.4, -0.2) is 23.0 Å². The van der Waals surface area contributed by atoms with Crippen LogP contribution in [0.4, 0.5) is 0 Å². The Morgan fingerprint density at radius 2 is 1.89 bits per heavy atom. The molecule has 1 amide bonds. The first kappa shape index (κ1) is 15.0. The summed E-state index contributed by atoms with van der Waals surface area (Å²) in [5, 5.41) is 11.8. The van der Waals surface area contributed by atoms with Crippen LogP contribution in [0.2, 0.25) is 0 Å². The first-order valence-corrected chi connectivity index (χ1v) is 7.15. The van der Waals surface area contributed by atoms with Gasteiger partial charge in [0.1, 0.15) is 0 Å². The van der Waals surface area contributed by atoms with Crippen molar-refractivity contribution < 1.29 is 14.7 Å². The van der Waals surface area contributed by atoms with Crippen molar-refractivity contribution in [2.75, 3.05) is 0 Å². The number of hydrogen-bond donors (Lipinski definition) is 2. The molecule has 0 aliphatic heterocycles. The van der Waals surface area contributed by atoms with Gasteiger partial charge in [-0.3, -0.25) is 9.59 Å². The van der Waals surface area contributed by atoms with Crippen molar-refractivity contribution in [1.29, 1.82) is 0 Å². The fourth-order valence-electron chi connectivity index (χ4n) is 2.53. The zero-order valence-electron chi connectivity index (χ0n) is 11.3. The molecule has 0 heterocycles. The van der Waals surface area contributed by atoms with Crippen LogP contribution in [-0.2, 0) is 9.59 Å². The van der Waals surface area contributed by atoms with E-state index >= 15 is 0 Å². The van der Waals surface area contributed by atoms with Crippen molar-refractivity contribution in [3.63, 3.8) is 0 Å². The van der Waals surface area contributed by atoms with Gasteiger partial charge >= 0.3 is 5.97 Å². The van der Waals surface area contributed by atoms with E-state index < -0.39 is 5.97 Å². The molecule has 0 saturated heterocycles. The van der Waals surface area contributed by atoms with Crippen LogP contribution in [0.1, 0.15) is 64.7 Å². The molecule has 1 rings (SSSR count). The fourth-order valence-corrected chi connectivity index (χ4v) is 2.53. The monoisotopic (exact) mass is 255 g/mol. The number of carboxylic acid groups (broad SMARTS) is 1. The maximum absolute atomic E-state index is 11.6. The first-order valence-electron chi connectivity index (χ1n) is 7.15. The van der Waals surface area contributed by atoms with Gasteiger partial charge in [0.2, 0.25) is 5.91 Å². The quantitative estimate of drug-likeness (QED) is 0.655. The molecule has 18 heavy (non-hydrogen) atoms. The van der Waals surface area contributed by atoms with Crippen LogP contribution >= 0.6 is 0 Å². The predicted octanol–water partition coefficient (Wildman–Crippen LogP) is 2.72. The SMILES string of the molecule is CCCCCCCC(=O)N[C@H]1CC[C@@H](C(=O)O)C1. The Bertz CT molecular complexity index is 278. The van der Waals surface area contributed by atoms with Crippen LogP contribution in [0.25, 0.3) is 0 Å². The molecule has 104 valence electrons. The number of amides is 1. The zero-order valence-corrected chi connectivity index (χ0v) is 11.3. The second-order valence-corrected chi connectivity index (χ2v) is 5.28. The summed E-state index contributed by atoms with van der Waals surface area (Å²) < 4.78 is 0. The maximum atomic E-state index is 11.6. The average molecular weight is 255 g/mol. The summed E-state index contributed by atoms with van der Waals surface area (Å²) in [5.74, 6) is -0.909. The van der Waals surface area contributed by atoms with E-state index in [9.17, 15) is 9.59 Å². The molecular weight excluding hydrogens is 230 g/mol. The van der Waals surface area contributed by atoms with Crippen molar-refractivity contribution >= 4 is 11.9 Å². The number of rotatable bonds is 8. The van der Waals surface area contributed by atoms with Gasteiger partial charge < -0.3 is 10.4 Å². The standard InChI is InChI=1S/C14H25NO3/c1-2-3-4-5-6-7-13(16)15-12-9-8-11(10-12)14(17)18/h11-12H,2-10H2,1H3,(H,15,16)(H,17,18)/t11-,12+/m1/s1. The van der Waals surface area contributed by atoms with E-state index in [0.717, 1.165) is 19.3 Å². The van der Waals surface area contributed by atoms with E-state index in [4.69, 9.17) is 5.11 Å². The third-order valence-corrected chi connectivity index (χ3v) is 3.65. The molecule has 4 heteroatoms. The van der Waals surface area contributed by atoms with E-state index in [1.54, 1.807) is 0 Å². The van der Waals surface area contributed by atoms with Gasteiger partial charge in [-0.05, 0) is 25.7 Å². The van der Waals surface area contributed by atoms with Crippen LogP contribution in [0.5, 0.6) is 0 Å². The molecular formula is C14H25NO3. The highest BCUT2D eigenvalue weighted by atomic mass is 16.4. The summed E-state index contributed by atoms with van der Waals surface area (Å²) in [6, 6.07) is 0.0780. The first-order chi connectivity index (χ1) is 8.63. The third kappa shape index (κ3) is 5.52. The summed E-state index contributed by atoms with van der Waals surface area (Å²) >= 11 is 0. The van der Waals surface area contributed by atoms with Crippen molar-refractivity contribution in [3.05, 3.63) is 0 Å². The Morgan fingerprint density at radius 3 is 2.50 bits per heavy atom. The van der Waals surface area contributed by atoms with Gasteiger partial charge in [0.15, 0.2) is 0 Å². The van der Waals surface area contributed by atoms with E-state index in [2.05, 4.69) is 12.2 Å². The highest BCUT2D eigenvalue weighted by molar-refractivity contribution is 5.76. The number of carboxylic acids is 1. The molecule has 0 radical (unpaired) electrons. The van der Waals surface area contributed by atoms with E-state index in [1.807, 2.05) is 0 Å². The van der Waals surface area contributed by atoms with Crippen LogP contribution < -0.4 is 5.32 Å².